The molecule has 0 bridgehead atoms. The van der Waals surface area contributed by atoms with Gasteiger partial charge in [0.1, 0.15) is 12.4 Å². The summed E-state index contributed by atoms with van der Waals surface area (Å²) < 4.78 is 10.2. The number of hydrogen-bond donors (Lipinski definition) is 2. The van der Waals surface area contributed by atoms with Gasteiger partial charge in [-0.2, -0.15) is 0 Å². The number of rotatable bonds is 6. The fourth-order valence-electron chi connectivity index (χ4n) is 2.86. The Kier molecular flexibility index (Phi) is 8.57. The molecule has 2 atom stereocenters. The second-order valence-corrected chi connectivity index (χ2v) is 5.73. The van der Waals surface area contributed by atoms with Crippen molar-refractivity contribution in [2.75, 3.05) is 25.6 Å². The van der Waals surface area contributed by atoms with Crippen LogP contribution in [0.15, 0.2) is 24.3 Å². The molecule has 24 heavy (non-hydrogen) atoms. The zero-order valence-electron chi connectivity index (χ0n) is 13.8. The Morgan fingerprint density at radius 3 is 2.50 bits per heavy atom. The molecule has 7 heteroatoms. The van der Waals surface area contributed by atoms with Crippen LogP contribution < -0.4 is 15.8 Å². The van der Waals surface area contributed by atoms with Crippen molar-refractivity contribution in [1.82, 2.24) is 0 Å². The fraction of sp³-hybridized carbons (Fsp3) is 0.529. The third-order valence-corrected chi connectivity index (χ3v) is 4.09. The van der Waals surface area contributed by atoms with E-state index in [0.717, 1.165) is 30.7 Å². The first kappa shape index (κ1) is 20.3. The lowest BCUT2D eigenvalue weighted by molar-refractivity contribution is -0.147. The average Bonchev–Trinajstić information content (AvgIpc) is 2.60. The van der Waals surface area contributed by atoms with Crippen LogP contribution in [0.3, 0.4) is 0 Å². The summed E-state index contributed by atoms with van der Waals surface area (Å²) in [4.78, 5) is 24.0. The van der Waals surface area contributed by atoms with Gasteiger partial charge in [-0.05, 0) is 43.5 Å². The third-order valence-electron chi connectivity index (χ3n) is 4.09. The minimum atomic E-state index is -0.219. The molecule has 0 radical (unpaired) electrons. The van der Waals surface area contributed by atoms with Crippen molar-refractivity contribution in [2.24, 2.45) is 17.6 Å². The molecule has 1 aromatic rings. The van der Waals surface area contributed by atoms with Crippen LogP contribution in [0.4, 0.5) is 5.69 Å². The quantitative estimate of drug-likeness (QED) is 0.763. The van der Waals surface area contributed by atoms with Crippen molar-refractivity contribution in [3.05, 3.63) is 24.3 Å². The maximum Gasteiger partial charge on any atom is 0.308 e. The second-order valence-electron chi connectivity index (χ2n) is 5.73. The van der Waals surface area contributed by atoms with Crippen LogP contribution in [0.5, 0.6) is 5.75 Å². The highest BCUT2D eigenvalue weighted by atomic mass is 35.5. The monoisotopic (exact) mass is 356 g/mol. The normalized spacial score (nSPS) is 19.8. The number of hydrogen-bond acceptors (Lipinski definition) is 5. The Balaban J connectivity index is 0.00000288. The fourth-order valence-corrected chi connectivity index (χ4v) is 2.86. The van der Waals surface area contributed by atoms with E-state index in [0.29, 0.717) is 19.6 Å². The van der Waals surface area contributed by atoms with Gasteiger partial charge >= 0.3 is 5.97 Å². The van der Waals surface area contributed by atoms with E-state index in [1.807, 2.05) is 0 Å². The Morgan fingerprint density at radius 2 is 1.88 bits per heavy atom. The van der Waals surface area contributed by atoms with Crippen molar-refractivity contribution in [1.29, 1.82) is 0 Å². The molecule has 0 saturated heterocycles. The smallest absolute Gasteiger partial charge is 0.308 e. The molecule has 0 spiro atoms. The van der Waals surface area contributed by atoms with E-state index in [4.69, 9.17) is 15.2 Å². The molecule has 6 nitrogen and oxygen atoms in total. The lowest BCUT2D eigenvalue weighted by Crippen LogP contribution is -2.31. The summed E-state index contributed by atoms with van der Waals surface area (Å²) >= 11 is 0. The predicted molar refractivity (Wildman–Crippen MR) is 94.3 cm³/mol. The van der Waals surface area contributed by atoms with E-state index < -0.39 is 0 Å². The molecular formula is C17H25ClN2O4. The SMILES string of the molecule is COC(=O)C1CCCC(C(=O)Nc2ccc(OCCN)cc2)C1.Cl. The summed E-state index contributed by atoms with van der Waals surface area (Å²) in [5.41, 5.74) is 6.10. The summed E-state index contributed by atoms with van der Waals surface area (Å²) in [6.45, 7) is 0.921. The van der Waals surface area contributed by atoms with E-state index >= 15 is 0 Å². The molecule has 1 fully saturated rings. The van der Waals surface area contributed by atoms with E-state index in [1.54, 1.807) is 24.3 Å². The topological polar surface area (TPSA) is 90.7 Å². The lowest BCUT2D eigenvalue weighted by atomic mass is 9.81. The molecular weight excluding hydrogens is 332 g/mol. The molecule has 0 heterocycles. The van der Waals surface area contributed by atoms with Crippen LogP contribution >= 0.6 is 12.4 Å². The van der Waals surface area contributed by atoms with Crippen molar-refractivity contribution in [2.45, 2.75) is 25.7 Å². The average molecular weight is 357 g/mol. The number of carbonyl (C=O) groups is 2. The molecule has 134 valence electrons. The van der Waals surface area contributed by atoms with Gasteiger partial charge in [0.25, 0.3) is 0 Å². The number of nitrogens with two attached hydrogens (primary N) is 1. The Morgan fingerprint density at radius 1 is 1.21 bits per heavy atom. The summed E-state index contributed by atoms with van der Waals surface area (Å²) in [7, 11) is 1.39. The van der Waals surface area contributed by atoms with Crippen LogP contribution in [0.2, 0.25) is 0 Å². The lowest BCUT2D eigenvalue weighted by Gasteiger charge is -2.26. The van der Waals surface area contributed by atoms with Crippen molar-refractivity contribution in [3.8, 4) is 5.75 Å². The third kappa shape index (κ3) is 5.69. The molecule has 1 aliphatic carbocycles. The van der Waals surface area contributed by atoms with Crippen LogP contribution in [-0.4, -0.2) is 32.1 Å². The van der Waals surface area contributed by atoms with Gasteiger partial charge in [-0.25, -0.2) is 0 Å². The van der Waals surface area contributed by atoms with Gasteiger partial charge < -0.3 is 20.5 Å². The molecule has 1 aliphatic rings. The van der Waals surface area contributed by atoms with E-state index in [2.05, 4.69) is 5.32 Å². The molecule has 1 saturated carbocycles. The maximum absolute atomic E-state index is 12.4. The van der Waals surface area contributed by atoms with E-state index in [9.17, 15) is 9.59 Å². The van der Waals surface area contributed by atoms with Crippen LogP contribution in [0.25, 0.3) is 0 Å². The van der Waals surface area contributed by atoms with Crippen LogP contribution in [0, 0.1) is 11.8 Å². The molecule has 2 unspecified atom stereocenters. The van der Waals surface area contributed by atoms with Gasteiger partial charge in [-0.15, -0.1) is 12.4 Å². The highest BCUT2D eigenvalue weighted by molar-refractivity contribution is 5.93. The van der Waals surface area contributed by atoms with Gasteiger partial charge in [0.2, 0.25) is 5.91 Å². The van der Waals surface area contributed by atoms with Crippen LogP contribution in [0.1, 0.15) is 25.7 Å². The molecule has 1 amide bonds. The second kappa shape index (κ2) is 10.2. The van der Waals surface area contributed by atoms with Crippen molar-refractivity contribution < 1.29 is 19.1 Å². The first-order valence-electron chi connectivity index (χ1n) is 7.95. The predicted octanol–water partition coefficient (Wildman–Crippen LogP) is 2.36. The van der Waals surface area contributed by atoms with Crippen molar-refractivity contribution in [3.63, 3.8) is 0 Å². The zero-order chi connectivity index (χ0) is 16.7. The summed E-state index contributed by atoms with van der Waals surface area (Å²) in [6.07, 6.45) is 3.01. The first-order chi connectivity index (χ1) is 11.1. The van der Waals surface area contributed by atoms with Gasteiger partial charge in [0, 0.05) is 18.2 Å². The minimum Gasteiger partial charge on any atom is -0.492 e. The van der Waals surface area contributed by atoms with Gasteiger partial charge in [0.15, 0.2) is 0 Å². The summed E-state index contributed by atoms with van der Waals surface area (Å²) in [5.74, 6) is 0.132. The van der Waals surface area contributed by atoms with Crippen LogP contribution in [-0.2, 0) is 14.3 Å². The number of ether oxygens (including phenoxy) is 2. The number of benzene rings is 1. The number of halogens is 1. The number of nitrogens with one attached hydrogen (secondary N) is 1. The van der Waals surface area contributed by atoms with E-state index in [1.165, 1.54) is 7.11 Å². The summed E-state index contributed by atoms with van der Waals surface area (Å²) in [5, 5.41) is 2.90. The van der Waals surface area contributed by atoms with E-state index in [-0.39, 0.29) is 36.1 Å². The standard InChI is InChI=1S/C17H24N2O4.ClH/c1-22-17(21)13-4-2-3-12(11-13)16(20)19-14-5-7-15(8-6-14)23-10-9-18;/h5-8,12-13H,2-4,9-11,18H2,1H3,(H,19,20);1H. The Bertz CT molecular complexity index is 536. The largest absolute Gasteiger partial charge is 0.492 e. The maximum atomic E-state index is 12.4. The molecule has 3 N–H and O–H groups in total. The number of anilines is 1. The first-order valence-corrected chi connectivity index (χ1v) is 7.95. The van der Waals surface area contributed by atoms with Crippen molar-refractivity contribution >= 4 is 30.0 Å². The Hall–Kier alpha value is -1.79. The minimum absolute atomic E-state index is 0. The Labute approximate surface area is 148 Å². The molecule has 1 aromatic carbocycles. The van der Waals surface area contributed by atoms with Gasteiger partial charge in [-0.3, -0.25) is 9.59 Å². The molecule has 0 aromatic heterocycles. The number of carbonyl (C=O) groups excluding carboxylic acids is 2. The highest BCUT2D eigenvalue weighted by Crippen LogP contribution is 2.30. The van der Waals surface area contributed by atoms with Gasteiger partial charge in [-0.1, -0.05) is 6.42 Å². The number of methoxy groups -OCH3 is 1. The molecule has 0 aliphatic heterocycles. The highest BCUT2D eigenvalue weighted by Gasteiger charge is 2.31. The summed E-state index contributed by atoms with van der Waals surface area (Å²) in [6, 6.07) is 7.18. The van der Waals surface area contributed by atoms with Gasteiger partial charge in [0.05, 0.1) is 13.0 Å². The number of amides is 1. The zero-order valence-corrected chi connectivity index (χ0v) is 14.6. The molecule has 2 rings (SSSR count). The number of esters is 1.